The average Bonchev–Trinajstić information content (AvgIpc) is 2.85. The number of hydrogen-bond donors (Lipinski definition) is 1. The van der Waals surface area contributed by atoms with E-state index in [0.717, 1.165) is 0 Å². The second kappa shape index (κ2) is 7.34. The summed E-state index contributed by atoms with van der Waals surface area (Å²) in [7, 11) is -2.12. The molecule has 2 unspecified atom stereocenters. The van der Waals surface area contributed by atoms with Gasteiger partial charge in [0.15, 0.2) is 9.84 Å². The summed E-state index contributed by atoms with van der Waals surface area (Å²) in [5, 5.41) is 9.87. The van der Waals surface area contributed by atoms with Crippen molar-refractivity contribution in [3.8, 4) is 5.75 Å². The highest BCUT2D eigenvalue weighted by molar-refractivity contribution is 7.91. The van der Waals surface area contributed by atoms with E-state index in [0.29, 0.717) is 37.0 Å². The second-order valence-corrected chi connectivity index (χ2v) is 10.8. The van der Waals surface area contributed by atoms with Gasteiger partial charge in [-0.15, -0.1) is 0 Å². The van der Waals surface area contributed by atoms with E-state index in [1.165, 1.54) is 6.92 Å². The maximum Gasteiger partial charge on any atom is 0.302 e. The van der Waals surface area contributed by atoms with E-state index in [1.54, 1.807) is 31.4 Å². The van der Waals surface area contributed by atoms with Crippen LogP contribution < -0.4 is 4.74 Å². The summed E-state index contributed by atoms with van der Waals surface area (Å²) in [6.07, 6.45) is 0.978. The molecule has 1 aromatic carbocycles. The number of benzene rings is 1. The summed E-state index contributed by atoms with van der Waals surface area (Å²) in [4.78, 5) is 11.6. The Morgan fingerprint density at radius 3 is 2.54 bits per heavy atom. The van der Waals surface area contributed by atoms with Crippen LogP contribution in [0.15, 0.2) is 24.3 Å². The number of ether oxygens (including phenoxy) is 2. The molecule has 1 N–H and O–H groups in total. The molecular weight excluding hydrogens is 380 g/mol. The monoisotopic (exact) mass is 410 g/mol. The zero-order chi connectivity index (χ0) is 20.7. The molecule has 1 aromatic rings. The van der Waals surface area contributed by atoms with Crippen LogP contribution in [0.25, 0.3) is 0 Å². The zero-order valence-electron chi connectivity index (χ0n) is 17.0. The number of carbonyl (C=O) groups excluding carboxylic acids is 1. The Kier molecular flexibility index (Phi) is 5.53. The molecule has 0 amide bonds. The van der Waals surface area contributed by atoms with Crippen LogP contribution in [-0.2, 0) is 25.1 Å². The standard InChI is InChI=1S/C21H30O6S/c1-14(22)27-18-9-11-21(3)19(17(23)8-10-20(18,21)2)28(24,25)13-15-6-5-7-16(12-15)26-4/h5-7,12,17-19,23H,8-11,13H2,1-4H3/t17?,18-,19?,20-,21+/m1/s1. The Morgan fingerprint density at radius 2 is 1.89 bits per heavy atom. The summed E-state index contributed by atoms with van der Waals surface area (Å²) in [5.74, 6) is 0.0941. The van der Waals surface area contributed by atoms with Gasteiger partial charge in [-0.05, 0) is 48.8 Å². The fraction of sp³-hybridized carbons (Fsp3) is 0.667. The molecule has 0 saturated heterocycles. The van der Waals surface area contributed by atoms with E-state index in [9.17, 15) is 18.3 Å². The number of aliphatic hydroxyl groups excluding tert-OH is 1. The molecule has 0 spiro atoms. The Morgan fingerprint density at radius 1 is 1.21 bits per heavy atom. The molecule has 2 aliphatic carbocycles. The van der Waals surface area contributed by atoms with Gasteiger partial charge in [0.1, 0.15) is 11.9 Å². The molecule has 2 saturated carbocycles. The molecule has 6 nitrogen and oxygen atoms in total. The van der Waals surface area contributed by atoms with E-state index in [2.05, 4.69) is 0 Å². The molecule has 2 fully saturated rings. The van der Waals surface area contributed by atoms with Gasteiger partial charge >= 0.3 is 5.97 Å². The summed E-state index contributed by atoms with van der Waals surface area (Å²) in [5.41, 5.74) is -0.510. The number of carbonyl (C=O) groups is 1. The van der Waals surface area contributed by atoms with E-state index in [-0.39, 0.29) is 17.8 Å². The van der Waals surface area contributed by atoms with Crippen LogP contribution in [0.2, 0.25) is 0 Å². The van der Waals surface area contributed by atoms with Crippen molar-refractivity contribution in [1.29, 1.82) is 0 Å². The smallest absolute Gasteiger partial charge is 0.302 e. The molecule has 0 aromatic heterocycles. The van der Waals surface area contributed by atoms with Crippen molar-refractivity contribution in [2.75, 3.05) is 7.11 Å². The van der Waals surface area contributed by atoms with Crippen LogP contribution >= 0.6 is 0 Å². The molecule has 156 valence electrons. The highest BCUT2D eigenvalue weighted by Gasteiger charge is 2.65. The van der Waals surface area contributed by atoms with Crippen LogP contribution in [0, 0.1) is 10.8 Å². The third-order valence-corrected chi connectivity index (χ3v) is 9.42. The summed E-state index contributed by atoms with van der Waals surface area (Å²) >= 11 is 0. The van der Waals surface area contributed by atoms with Gasteiger partial charge in [0.25, 0.3) is 0 Å². The van der Waals surface area contributed by atoms with Crippen LogP contribution in [0.3, 0.4) is 0 Å². The highest BCUT2D eigenvalue weighted by atomic mass is 32.2. The molecular formula is C21H30O6S. The van der Waals surface area contributed by atoms with Crippen molar-refractivity contribution < 1.29 is 27.8 Å². The minimum Gasteiger partial charge on any atom is -0.497 e. The van der Waals surface area contributed by atoms with Gasteiger partial charge in [-0.2, -0.15) is 0 Å². The third-order valence-electron chi connectivity index (χ3n) is 7.08. The normalized spacial score (nSPS) is 35.2. The molecule has 7 heteroatoms. The van der Waals surface area contributed by atoms with Crippen molar-refractivity contribution in [2.45, 2.75) is 69.7 Å². The topological polar surface area (TPSA) is 89.9 Å². The van der Waals surface area contributed by atoms with Crippen molar-refractivity contribution in [2.24, 2.45) is 10.8 Å². The van der Waals surface area contributed by atoms with E-state index in [4.69, 9.17) is 9.47 Å². The first-order valence-electron chi connectivity index (χ1n) is 9.73. The molecule has 28 heavy (non-hydrogen) atoms. The summed E-state index contributed by atoms with van der Waals surface area (Å²) in [6, 6.07) is 7.00. The third kappa shape index (κ3) is 3.43. The van der Waals surface area contributed by atoms with E-state index < -0.39 is 32.0 Å². The van der Waals surface area contributed by atoms with Crippen LogP contribution in [0.4, 0.5) is 0 Å². The lowest BCUT2D eigenvalue weighted by molar-refractivity contribution is -0.157. The minimum atomic E-state index is -3.66. The Balaban J connectivity index is 1.95. The van der Waals surface area contributed by atoms with Crippen molar-refractivity contribution in [3.63, 3.8) is 0 Å². The van der Waals surface area contributed by atoms with E-state index >= 15 is 0 Å². The maximum atomic E-state index is 13.5. The van der Waals surface area contributed by atoms with E-state index in [1.807, 2.05) is 13.8 Å². The fourth-order valence-electron chi connectivity index (χ4n) is 5.45. The minimum absolute atomic E-state index is 0.157. The van der Waals surface area contributed by atoms with Crippen molar-refractivity contribution in [3.05, 3.63) is 29.8 Å². The van der Waals surface area contributed by atoms with Gasteiger partial charge in [-0.25, -0.2) is 8.42 Å². The quantitative estimate of drug-likeness (QED) is 0.751. The Labute approximate surface area is 167 Å². The Bertz CT molecular complexity index is 850. The molecule has 0 bridgehead atoms. The predicted octanol–water partition coefficient (Wildman–Crippen LogP) is 2.87. The predicted molar refractivity (Wildman–Crippen MR) is 106 cm³/mol. The van der Waals surface area contributed by atoms with Crippen LogP contribution in [-0.4, -0.2) is 44.1 Å². The molecule has 5 atom stereocenters. The van der Waals surface area contributed by atoms with Crippen LogP contribution in [0.5, 0.6) is 5.75 Å². The van der Waals surface area contributed by atoms with Gasteiger partial charge < -0.3 is 14.6 Å². The summed E-state index contributed by atoms with van der Waals surface area (Å²) < 4.78 is 37.7. The zero-order valence-corrected chi connectivity index (χ0v) is 17.8. The van der Waals surface area contributed by atoms with Gasteiger partial charge in [0.2, 0.25) is 0 Å². The van der Waals surface area contributed by atoms with Crippen LogP contribution in [0.1, 0.15) is 52.0 Å². The van der Waals surface area contributed by atoms with Gasteiger partial charge in [0.05, 0.1) is 24.2 Å². The first-order chi connectivity index (χ1) is 13.0. The summed E-state index contributed by atoms with van der Waals surface area (Å²) in [6.45, 7) is 5.33. The van der Waals surface area contributed by atoms with Gasteiger partial charge in [0, 0.05) is 12.3 Å². The fourth-order valence-corrected chi connectivity index (χ4v) is 8.07. The lowest BCUT2D eigenvalue weighted by Gasteiger charge is -2.53. The average molecular weight is 411 g/mol. The number of rotatable bonds is 5. The lowest BCUT2D eigenvalue weighted by Crippen LogP contribution is -2.59. The number of fused-ring (bicyclic) bond motifs is 1. The lowest BCUT2D eigenvalue weighted by atomic mass is 9.58. The van der Waals surface area contributed by atoms with Gasteiger partial charge in [-0.3, -0.25) is 4.79 Å². The molecule has 3 rings (SSSR count). The maximum absolute atomic E-state index is 13.5. The van der Waals surface area contributed by atoms with Crippen molar-refractivity contribution in [1.82, 2.24) is 0 Å². The highest BCUT2D eigenvalue weighted by Crippen LogP contribution is 2.63. The number of hydrogen-bond acceptors (Lipinski definition) is 6. The van der Waals surface area contributed by atoms with Gasteiger partial charge in [-0.1, -0.05) is 26.0 Å². The Hall–Kier alpha value is -1.60. The molecule has 2 aliphatic rings. The first kappa shape index (κ1) is 21.1. The van der Waals surface area contributed by atoms with Crippen molar-refractivity contribution >= 4 is 15.8 Å². The molecule has 0 aliphatic heterocycles. The molecule has 0 radical (unpaired) electrons. The number of aliphatic hydroxyl groups is 1. The number of sulfone groups is 1. The number of esters is 1. The second-order valence-electron chi connectivity index (χ2n) is 8.66. The largest absolute Gasteiger partial charge is 0.497 e. The first-order valence-corrected chi connectivity index (χ1v) is 11.4. The SMILES string of the molecule is COc1cccc(CS(=O)(=O)C2C(O)CC[C@]3(C)[C@H](OC(C)=O)CC[C@@]23C)c1. The number of methoxy groups -OCH3 is 1. The molecule has 0 heterocycles.